The van der Waals surface area contributed by atoms with E-state index in [1.165, 1.54) is 5.56 Å². The number of urea groups is 1. The summed E-state index contributed by atoms with van der Waals surface area (Å²) in [6, 6.07) is 10.5. The summed E-state index contributed by atoms with van der Waals surface area (Å²) in [5, 5.41) is 13.3. The summed E-state index contributed by atoms with van der Waals surface area (Å²) in [5.74, 6) is 0. The zero-order valence-electron chi connectivity index (χ0n) is 15.6. The lowest BCUT2D eigenvalue weighted by Crippen LogP contribution is -2.35. The minimum absolute atomic E-state index is 0.00695. The van der Waals surface area contributed by atoms with Crippen molar-refractivity contribution in [2.45, 2.75) is 44.8 Å². The summed E-state index contributed by atoms with van der Waals surface area (Å²) >= 11 is 0. The smallest absolute Gasteiger partial charge is 0.319 e. The molecule has 2 amide bonds. The maximum atomic E-state index is 14.7. The summed E-state index contributed by atoms with van der Waals surface area (Å²) in [6.45, 7) is 6.41. The minimum atomic E-state index is -1.13. The Labute approximate surface area is 157 Å². The van der Waals surface area contributed by atoms with Crippen LogP contribution in [0.1, 0.15) is 43.5 Å². The van der Waals surface area contributed by atoms with Gasteiger partial charge in [-0.1, -0.05) is 45.0 Å². The molecule has 1 heterocycles. The number of alkyl halides is 1. The number of amides is 2. The Kier molecular flexibility index (Phi) is 4.13. The first-order valence-electron chi connectivity index (χ1n) is 9.10. The lowest BCUT2D eigenvalue weighted by atomic mass is 9.85. The van der Waals surface area contributed by atoms with E-state index in [1.54, 1.807) is 12.3 Å². The largest absolute Gasteiger partial charge is 0.328 e. The third-order valence-corrected chi connectivity index (χ3v) is 5.14. The first-order valence-corrected chi connectivity index (χ1v) is 9.10. The van der Waals surface area contributed by atoms with Crippen LogP contribution < -0.4 is 10.6 Å². The molecule has 140 valence electrons. The third kappa shape index (κ3) is 3.27. The Morgan fingerprint density at radius 2 is 2.07 bits per heavy atom. The molecule has 3 aromatic rings. The molecule has 3 N–H and O–H groups in total. The number of carbonyl (C=O) groups is 1. The molecule has 2 atom stereocenters. The molecule has 2 unspecified atom stereocenters. The van der Waals surface area contributed by atoms with Gasteiger partial charge >= 0.3 is 6.03 Å². The molecule has 0 aliphatic heterocycles. The minimum Gasteiger partial charge on any atom is -0.328 e. The fraction of sp³-hybridized carbons (Fsp3) is 0.333. The van der Waals surface area contributed by atoms with Gasteiger partial charge in [-0.15, -0.1) is 0 Å². The van der Waals surface area contributed by atoms with E-state index in [0.29, 0.717) is 12.1 Å². The van der Waals surface area contributed by atoms with Gasteiger partial charge in [-0.2, -0.15) is 5.10 Å². The Morgan fingerprint density at radius 3 is 2.85 bits per heavy atom. The second kappa shape index (κ2) is 6.37. The van der Waals surface area contributed by atoms with Crippen LogP contribution in [0.2, 0.25) is 0 Å². The molecule has 0 radical (unpaired) electrons. The lowest BCUT2D eigenvalue weighted by Gasteiger charge is -2.21. The molecule has 0 saturated carbocycles. The molecule has 1 aliphatic rings. The number of aromatic amines is 1. The number of carbonyl (C=O) groups excluding carboxylic acids is 1. The van der Waals surface area contributed by atoms with E-state index in [4.69, 9.17) is 0 Å². The van der Waals surface area contributed by atoms with Gasteiger partial charge in [0.2, 0.25) is 0 Å². The highest BCUT2D eigenvalue weighted by molar-refractivity contribution is 6.00. The number of hydrogen-bond acceptors (Lipinski definition) is 2. The summed E-state index contributed by atoms with van der Waals surface area (Å²) in [7, 11) is 0. The molecule has 4 rings (SSSR count). The van der Waals surface area contributed by atoms with Crippen molar-refractivity contribution in [3.05, 3.63) is 59.3 Å². The lowest BCUT2D eigenvalue weighted by molar-refractivity contribution is 0.232. The van der Waals surface area contributed by atoms with Gasteiger partial charge < -0.3 is 10.6 Å². The van der Waals surface area contributed by atoms with Crippen LogP contribution in [-0.4, -0.2) is 22.4 Å². The van der Waals surface area contributed by atoms with Crippen molar-refractivity contribution in [3.8, 4) is 0 Å². The first kappa shape index (κ1) is 17.5. The van der Waals surface area contributed by atoms with Crippen molar-refractivity contribution in [1.82, 2.24) is 15.5 Å². The van der Waals surface area contributed by atoms with Gasteiger partial charge in [0.1, 0.15) is 6.17 Å². The number of rotatable bonds is 2. The Balaban J connectivity index is 1.53. The second-order valence-electron chi connectivity index (χ2n) is 8.10. The molecule has 6 heteroatoms. The zero-order valence-corrected chi connectivity index (χ0v) is 15.6. The SMILES string of the molecule is CC(C)(C)c1ccc2c(c1)CC(F)C2NC(=O)Nc1cccc2[nH]ncc12. The molecule has 2 aromatic carbocycles. The Morgan fingerprint density at radius 1 is 1.26 bits per heavy atom. The van der Waals surface area contributed by atoms with Crippen molar-refractivity contribution >= 4 is 22.6 Å². The van der Waals surface area contributed by atoms with Gasteiger partial charge in [-0.05, 0) is 34.2 Å². The molecule has 0 saturated heterocycles. The highest BCUT2D eigenvalue weighted by Crippen LogP contribution is 2.36. The molecule has 1 aromatic heterocycles. The number of hydrogen-bond donors (Lipinski definition) is 3. The molecule has 1 aliphatic carbocycles. The van der Waals surface area contributed by atoms with Crippen LogP contribution in [0.4, 0.5) is 14.9 Å². The van der Waals surface area contributed by atoms with Crippen molar-refractivity contribution in [2.75, 3.05) is 5.32 Å². The number of H-pyrrole nitrogens is 1. The van der Waals surface area contributed by atoms with Gasteiger partial charge in [0.25, 0.3) is 0 Å². The predicted molar refractivity (Wildman–Crippen MR) is 105 cm³/mol. The highest BCUT2D eigenvalue weighted by Gasteiger charge is 2.34. The van der Waals surface area contributed by atoms with Crippen LogP contribution in [0.3, 0.4) is 0 Å². The van der Waals surface area contributed by atoms with E-state index < -0.39 is 18.2 Å². The van der Waals surface area contributed by atoms with Gasteiger partial charge in [0.05, 0.1) is 23.4 Å². The number of anilines is 1. The van der Waals surface area contributed by atoms with Crippen LogP contribution >= 0.6 is 0 Å². The number of halogens is 1. The number of nitrogens with zero attached hydrogens (tertiary/aromatic N) is 1. The normalized spacial score (nSPS) is 19.1. The topological polar surface area (TPSA) is 69.8 Å². The van der Waals surface area contributed by atoms with Crippen LogP contribution in [-0.2, 0) is 11.8 Å². The van der Waals surface area contributed by atoms with E-state index >= 15 is 0 Å². The van der Waals surface area contributed by atoms with Gasteiger partial charge in [0, 0.05) is 11.8 Å². The summed E-state index contributed by atoms with van der Waals surface area (Å²) in [5.41, 5.74) is 4.47. The molecular formula is C21H23FN4O. The molecule has 5 nitrogen and oxygen atoms in total. The number of aromatic nitrogens is 2. The molecule has 0 fully saturated rings. The average molecular weight is 366 g/mol. The summed E-state index contributed by atoms with van der Waals surface area (Å²) < 4.78 is 14.7. The summed E-state index contributed by atoms with van der Waals surface area (Å²) in [6.07, 6.45) is 0.842. The van der Waals surface area contributed by atoms with E-state index in [-0.39, 0.29) is 5.41 Å². The fourth-order valence-electron chi connectivity index (χ4n) is 3.62. The number of fused-ring (bicyclic) bond motifs is 2. The maximum absolute atomic E-state index is 14.7. The van der Waals surface area contributed by atoms with E-state index in [1.807, 2.05) is 24.3 Å². The monoisotopic (exact) mass is 366 g/mol. The Hall–Kier alpha value is -2.89. The van der Waals surface area contributed by atoms with Crippen molar-refractivity contribution in [3.63, 3.8) is 0 Å². The summed E-state index contributed by atoms with van der Waals surface area (Å²) in [4.78, 5) is 12.5. The maximum Gasteiger partial charge on any atom is 0.319 e. The quantitative estimate of drug-likeness (QED) is 0.619. The van der Waals surface area contributed by atoms with E-state index in [2.05, 4.69) is 47.7 Å². The van der Waals surface area contributed by atoms with Crippen molar-refractivity contribution in [2.24, 2.45) is 0 Å². The van der Waals surface area contributed by atoms with E-state index in [9.17, 15) is 9.18 Å². The standard InChI is InChI=1S/C21H23FN4O/c1-21(2,3)13-7-8-14-12(9-13)10-16(22)19(14)25-20(27)24-17-5-4-6-18-15(17)11-23-26-18/h4-9,11,16,19H,10H2,1-3H3,(H,23,26)(H2,24,25,27). The number of benzene rings is 2. The zero-order chi connectivity index (χ0) is 19.2. The average Bonchev–Trinajstić information content (AvgIpc) is 3.19. The highest BCUT2D eigenvalue weighted by atomic mass is 19.1. The van der Waals surface area contributed by atoms with Gasteiger partial charge in [-0.3, -0.25) is 5.10 Å². The predicted octanol–water partition coefficient (Wildman–Crippen LogP) is 4.62. The van der Waals surface area contributed by atoms with E-state index in [0.717, 1.165) is 22.0 Å². The number of nitrogens with one attached hydrogen (secondary N) is 3. The van der Waals surface area contributed by atoms with Crippen LogP contribution in [0.5, 0.6) is 0 Å². The van der Waals surface area contributed by atoms with Crippen molar-refractivity contribution in [1.29, 1.82) is 0 Å². The van der Waals surface area contributed by atoms with Crippen LogP contribution in [0, 0.1) is 0 Å². The third-order valence-electron chi connectivity index (χ3n) is 5.14. The molecule has 0 bridgehead atoms. The molecule has 27 heavy (non-hydrogen) atoms. The second-order valence-corrected chi connectivity index (χ2v) is 8.10. The molecular weight excluding hydrogens is 343 g/mol. The van der Waals surface area contributed by atoms with Crippen LogP contribution in [0.25, 0.3) is 10.9 Å². The molecule has 0 spiro atoms. The fourth-order valence-corrected chi connectivity index (χ4v) is 3.62. The van der Waals surface area contributed by atoms with Gasteiger partial charge in [0.15, 0.2) is 0 Å². The Bertz CT molecular complexity index is 1000. The van der Waals surface area contributed by atoms with Crippen molar-refractivity contribution < 1.29 is 9.18 Å². The van der Waals surface area contributed by atoms with Gasteiger partial charge in [-0.25, -0.2) is 9.18 Å². The van der Waals surface area contributed by atoms with Crippen LogP contribution in [0.15, 0.2) is 42.6 Å². The first-order chi connectivity index (χ1) is 12.8.